The Morgan fingerprint density at radius 2 is 2.03 bits per heavy atom. The zero-order chi connectivity index (χ0) is 21.3. The average Bonchev–Trinajstić information content (AvgIpc) is 3.07. The van der Waals surface area contributed by atoms with Crippen LogP contribution >= 0.6 is 23.1 Å². The fraction of sp³-hybridized carbons (Fsp3) is 0.500. The highest BCUT2D eigenvalue weighted by atomic mass is 32.2. The molecule has 0 saturated carbocycles. The molecule has 0 amide bonds. The summed E-state index contributed by atoms with van der Waals surface area (Å²) < 4.78 is 1.85. The van der Waals surface area contributed by atoms with Crippen LogP contribution in [0.25, 0.3) is 15.9 Å². The molecule has 3 aromatic rings. The second kappa shape index (κ2) is 9.25. The molecular weight excluding hydrogens is 410 g/mol. The van der Waals surface area contributed by atoms with E-state index < -0.39 is 0 Å². The summed E-state index contributed by atoms with van der Waals surface area (Å²) in [5, 5.41) is 1.69. The van der Waals surface area contributed by atoms with E-state index in [9.17, 15) is 4.79 Å². The maximum Gasteiger partial charge on any atom is 0.267 e. The lowest BCUT2D eigenvalue weighted by molar-refractivity contribution is -0.915. The maximum absolute atomic E-state index is 13.8. The molecule has 4 rings (SSSR count). The van der Waals surface area contributed by atoms with Gasteiger partial charge in [0.1, 0.15) is 11.4 Å². The first-order valence-electron chi connectivity index (χ1n) is 11.1. The van der Waals surface area contributed by atoms with Crippen LogP contribution in [0.4, 0.5) is 0 Å². The summed E-state index contributed by atoms with van der Waals surface area (Å²) in [4.78, 5) is 22.7. The SMILES string of the molecule is CCC[NH+]1CCc2c(sc3nc(SCCC(C)C)n(-c4ccc(C)cc4)c(=O)c23)C1. The van der Waals surface area contributed by atoms with Crippen molar-refractivity contribution in [3.05, 3.63) is 50.6 Å². The van der Waals surface area contributed by atoms with Gasteiger partial charge in [-0.05, 0) is 43.4 Å². The van der Waals surface area contributed by atoms with Gasteiger partial charge in [0.2, 0.25) is 0 Å². The van der Waals surface area contributed by atoms with Gasteiger partial charge in [0.05, 0.1) is 29.0 Å². The standard InChI is InChI=1S/C24H31N3OS2/c1-5-12-26-13-10-19-20(15-26)30-22-21(19)23(28)27(18-8-6-17(4)7-9-18)24(25-22)29-14-11-16(2)3/h6-9,16H,5,10-15H2,1-4H3/p+1. The van der Waals surface area contributed by atoms with Gasteiger partial charge in [-0.2, -0.15) is 0 Å². The molecular formula is C24H32N3OS2+. The molecule has 3 heterocycles. The Balaban J connectivity index is 1.83. The highest BCUT2D eigenvalue weighted by molar-refractivity contribution is 7.99. The van der Waals surface area contributed by atoms with E-state index in [1.54, 1.807) is 28.0 Å². The highest BCUT2D eigenvalue weighted by Crippen LogP contribution is 2.32. The van der Waals surface area contributed by atoms with Gasteiger partial charge >= 0.3 is 0 Å². The van der Waals surface area contributed by atoms with Crippen molar-refractivity contribution in [3.8, 4) is 5.69 Å². The minimum Gasteiger partial charge on any atom is -0.330 e. The number of benzene rings is 1. The van der Waals surface area contributed by atoms with Crippen LogP contribution in [0.1, 0.15) is 49.6 Å². The van der Waals surface area contributed by atoms with Gasteiger partial charge in [-0.1, -0.05) is 50.2 Å². The third-order valence-electron chi connectivity index (χ3n) is 5.84. The fourth-order valence-corrected chi connectivity index (χ4v) is 6.71. The van der Waals surface area contributed by atoms with Crippen LogP contribution in [-0.4, -0.2) is 28.4 Å². The van der Waals surface area contributed by atoms with Gasteiger partial charge in [-0.25, -0.2) is 4.98 Å². The minimum atomic E-state index is 0.104. The number of nitrogens with one attached hydrogen (secondary N) is 1. The lowest BCUT2D eigenvalue weighted by Crippen LogP contribution is -3.11. The number of aryl methyl sites for hydroxylation is 1. The van der Waals surface area contributed by atoms with Crippen molar-refractivity contribution in [1.29, 1.82) is 0 Å². The lowest BCUT2D eigenvalue weighted by atomic mass is 10.1. The Morgan fingerprint density at radius 3 is 2.73 bits per heavy atom. The van der Waals surface area contributed by atoms with Gasteiger partial charge in [0.25, 0.3) is 5.56 Å². The summed E-state index contributed by atoms with van der Waals surface area (Å²) in [6.07, 6.45) is 3.29. The number of thioether (sulfide) groups is 1. The van der Waals surface area contributed by atoms with Crippen LogP contribution in [0.15, 0.2) is 34.2 Å². The van der Waals surface area contributed by atoms with Crippen LogP contribution in [0, 0.1) is 12.8 Å². The van der Waals surface area contributed by atoms with E-state index in [0.29, 0.717) is 5.92 Å². The Kier molecular flexibility index (Phi) is 6.66. The van der Waals surface area contributed by atoms with Crippen molar-refractivity contribution in [2.75, 3.05) is 18.8 Å². The van der Waals surface area contributed by atoms with E-state index in [0.717, 1.165) is 52.7 Å². The largest absolute Gasteiger partial charge is 0.330 e. The summed E-state index contributed by atoms with van der Waals surface area (Å²) in [7, 11) is 0. The van der Waals surface area contributed by atoms with Crippen LogP contribution < -0.4 is 10.5 Å². The first-order valence-corrected chi connectivity index (χ1v) is 12.9. The van der Waals surface area contributed by atoms with Crippen molar-refractivity contribution in [2.45, 2.75) is 58.7 Å². The first kappa shape index (κ1) is 21.6. The molecule has 1 unspecified atom stereocenters. The van der Waals surface area contributed by atoms with Crippen molar-refractivity contribution in [3.63, 3.8) is 0 Å². The van der Waals surface area contributed by atoms with Crippen molar-refractivity contribution < 1.29 is 4.90 Å². The van der Waals surface area contributed by atoms with Gasteiger partial charge in [0.15, 0.2) is 5.16 Å². The number of quaternary nitrogens is 1. The van der Waals surface area contributed by atoms with Crippen molar-refractivity contribution >= 4 is 33.3 Å². The van der Waals surface area contributed by atoms with Crippen LogP contribution in [0.3, 0.4) is 0 Å². The maximum atomic E-state index is 13.8. The molecule has 1 aliphatic heterocycles. The molecule has 0 bridgehead atoms. The smallest absolute Gasteiger partial charge is 0.267 e. The van der Waals surface area contributed by atoms with Gasteiger partial charge in [0, 0.05) is 12.2 Å². The zero-order valence-electron chi connectivity index (χ0n) is 18.5. The number of aromatic nitrogens is 2. The van der Waals surface area contributed by atoms with E-state index in [2.05, 4.69) is 39.8 Å². The quantitative estimate of drug-likeness (QED) is 0.439. The highest BCUT2D eigenvalue weighted by Gasteiger charge is 2.27. The molecule has 2 aromatic heterocycles. The fourth-order valence-electron chi connectivity index (χ4n) is 4.13. The number of nitrogens with zero attached hydrogens (tertiary/aromatic N) is 2. The third-order valence-corrected chi connectivity index (χ3v) is 7.94. The molecule has 0 spiro atoms. The zero-order valence-corrected chi connectivity index (χ0v) is 20.1. The first-order chi connectivity index (χ1) is 14.5. The second-order valence-electron chi connectivity index (χ2n) is 8.76. The van der Waals surface area contributed by atoms with Gasteiger partial charge in [-0.3, -0.25) is 9.36 Å². The summed E-state index contributed by atoms with van der Waals surface area (Å²) >= 11 is 3.46. The molecule has 1 atom stereocenters. The van der Waals surface area contributed by atoms with E-state index in [4.69, 9.17) is 4.98 Å². The number of hydrogen-bond donors (Lipinski definition) is 1. The predicted octanol–water partition coefficient (Wildman–Crippen LogP) is 4.24. The van der Waals surface area contributed by atoms with Crippen molar-refractivity contribution in [2.24, 2.45) is 5.92 Å². The van der Waals surface area contributed by atoms with Crippen LogP contribution in [0.5, 0.6) is 0 Å². The Morgan fingerprint density at radius 1 is 1.27 bits per heavy atom. The number of hydrogen-bond acceptors (Lipinski definition) is 4. The molecule has 4 nitrogen and oxygen atoms in total. The van der Waals surface area contributed by atoms with Gasteiger partial charge in [-0.15, -0.1) is 11.3 Å². The van der Waals surface area contributed by atoms with Crippen LogP contribution in [-0.2, 0) is 13.0 Å². The molecule has 6 heteroatoms. The van der Waals surface area contributed by atoms with E-state index in [1.165, 1.54) is 29.0 Å². The molecule has 1 aliphatic rings. The summed E-state index contributed by atoms with van der Waals surface area (Å²) in [6.45, 7) is 12.1. The van der Waals surface area contributed by atoms with Gasteiger partial charge < -0.3 is 4.90 Å². The summed E-state index contributed by atoms with van der Waals surface area (Å²) in [5.41, 5.74) is 3.47. The van der Waals surface area contributed by atoms with E-state index >= 15 is 0 Å². The molecule has 0 saturated heterocycles. The Bertz CT molecular complexity index is 1080. The molecule has 1 N–H and O–H groups in total. The molecule has 1 aromatic carbocycles. The van der Waals surface area contributed by atoms with Crippen molar-refractivity contribution in [1.82, 2.24) is 9.55 Å². The third kappa shape index (κ3) is 4.36. The monoisotopic (exact) mass is 442 g/mol. The summed E-state index contributed by atoms with van der Waals surface area (Å²) in [6, 6.07) is 8.23. The summed E-state index contributed by atoms with van der Waals surface area (Å²) in [5.74, 6) is 1.61. The topological polar surface area (TPSA) is 39.3 Å². The number of rotatable bonds is 7. The molecule has 30 heavy (non-hydrogen) atoms. The predicted molar refractivity (Wildman–Crippen MR) is 129 cm³/mol. The molecule has 0 aliphatic carbocycles. The van der Waals surface area contributed by atoms with Crippen LogP contribution in [0.2, 0.25) is 0 Å². The second-order valence-corrected chi connectivity index (χ2v) is 10.9. The Hall–Kier alpha value is -1.63. The lowest BCUT2D eigenvalue weighted by Gasteiger charge is -2.23. The normalized spacial score (nSPS) is 16.4. The molecule has 160 valence electrons. The van der Waals surface area contributed by atoms with E-state index in [-0.39, 0.29) is 5.56 Å². The average molecular weight is 443 g/mol. The molecule has 0 fully saturated rings. The Labute approximate surface area is 187 Å². The molecule has 0 radical (unpaired) electrons. The number of fused-ring (bicyclic) bond motifs is 3. The van der Waals surface area contributed by atoms with E-state index in [1.807, 2.05) is 16.7 Å². The minimum absolute atomic E-state index is 0.104. The number of thiophene rings is 1.